The fourth-order valence-corrected chi connectivity index (χ4v) is 2.12. The molecule has 2 rings (SSSR count). The van der Waals surface area contributed by atoms with Crippen molar-refractivity contribution in [1.82, 2.24) is 10.9 Å². The number of amides is 2. The van der Waals surface area contributed by atoms with Gasteiger partial charge >= 0.3 is 0 Å². The number of carbonyl (C=O) groups excluding carboxylic acids is 2. The molecule has 126 valence electrons. The van der Waals surface area contributed by atoms with Crippen LogP contribution in [0.2, 0.25) is 0 Å². The second-order valence-corrected chi connectivity index (χ2v) is 5.28. The molecule has 2 N–H and O–H groups in total. The van der Waals surface area contributed by atoms with Crippen LogP contribution in [0.5, 0.6) is 11.5 Å². The predicted octanol–water partition coefficient (Wildman–Crippen LogP) is 2.40. The molecule has 0 radical (unpaired) electrons. The standard InChI is InChI=1S/C18H20N2O4/c1-11-5-6-13(9-12(11)2)17(21)19-20-18(22)14-7-8-15(23-3)16(10-14)24-4/h5-10H,1-4H3,(H,19,21)(H,20,22). The molecule has 2 aromatic rings. The van der Waals surface area contributed by atoms with Gasteiger partial charge in [0.2, 0.25) is 0 Å². The third-order valence-corrected chi connectivity index (χ3v) is 3.70. The van der Waals surface area contributed by atoms with Gasteiger partial charge in [0.15, 0.2) is 11.5 Å². The Bertz CT molecular complexity index is 772. The molecule has 0 fully saturated rings. The lowest BCUT2D eigenvalue weighted by molar-refractivity contribution is 0.0846. The van der Waals surface area contributed by atoms with Crippen LogP contribution in [0, 0.1) is 13.8 Å². The molecule has 0 saturated carbocycles. The Morgan fingerprint density at radius 2 is 1.29 bits per heavy atom. The minimum Gasteiger partial charge on any atom is -0.493 e. The quantitative estimate of drug-likeness (QED) is 0.845. The number of ether oxygens (including phenoxy) is 2. The van der Waals surface area contributed by atoms with Crippen molar-refractivity contribution in [2.24, 2.45) is 0 Å². The lowest BCUT2D eigenvalue weighted by atomic mass is 10.1. The predicted molar refractivity (Wildman–Crippen MR) is 90.4 cm³/mol. The number of aryl methyl sites for hydroxylation is 2. The van der Waals surface area contributed by atoms with E-state index in [1.807, 2.05) is 19.9 Å². The van der Waals surface area contributed by atoms with E-state index in [2.05, 4.69) is 10.9 Å². The molecule has 0 aromatic heterocycles. The number of carbonyl (C=O) groups is 2. The third-order valence-electron chi connectivity index (χ3n) is 3.70. The summed E-state index contributed by atoms with van der Waals surface area (Å²) in [5, 5.41) is 0. The topological polar surface area (TPSA) is 76.7 Å². The Morgan fingerprint density at radius 3 is 1.83 bits per heavy atom. The maximum atomic E-state index is 12.1. The molecule has 0 unspecified atom stereocenters. The molecule has 0 saturated heterocycles. The van der Waals surface area contributed by atoms with Gasteiger partial charge in [-0.3, -0.25) is 20.4 Å². The zero-order valence-electron chi connectivity index (χ0n) is 14.1. The van der Waals surface area contributed by atoms with E-state index in [0.717, 1.165) is 11.1 Å². The van der Waals surface area contributed by atoms with Gasteiger partial charge in [-0.05, 0) is 55.3 Å². The van der Waals surface area contributed by atoms with Crippen molar-refractivity contribution in [1.29, 1.82) is 0 Å². The molecule has 0 aliphatic carbocycles. The molecule has 2 amide bonds. The highest BCUT2D eigenvalue weighted by molar-refractivity contribution is 5.99. The van der Waals surface area contributed by atoms with Crippen molar-refractivity contribution in [2.45, 2.75) is 13.8 Å². The van der Waals surface area contributed by atoms with Crippen molar-refractivity contribution >= 4 is 11.8 Å². The first-order chi connectivity index (χ1) is 11.5. The first kappa shape index (κ1) is 17.3. The van der Waals surface area contributed by atoms with Gasteiger partial charge in [-0.1, -0.05) is 6.07 Å². The summed E-state index contributed by atoms with van der Waals surface area (Å²) in [5.41, 5.74) is 7.71. The molecule has 2 aromatic carbocycles. The van der Waals surface area contributed by atoms with Crippen LogP contribution in [-0.2, 0) is 0 Å². The smallest absolute Gasteiger partial charge is 0.269 e. The average Bonchev–Trinajstić information content (AvgIpc) is 2.60. The second kappa shape index (κ2) is 7.50. The van der Waals surface area contributed by atoms with Crippen molar-refractivity contribution in [3.63, 3.8) is 0 Å². The van der Waals surface area contributed by atoms with Crippen LogP contribution in [0.3, 0.4) is 0 Å². The number of hydrazine groups is 1. The summed E-state index contributed by atoms with van der Waals surface area (Å²) in [5.74, 6) is 0.124. The zero-order chi connectivity index (χ0) is 17.7. The molecular weight excluding hydrogens is 308 g/mol. The van der Waals surface area contributed by atoms with E-state index in [0.29, 0.717) is 22.6 Å². The highest BCUT2D eigenvalue weighted by atomic mass is 16.5. The molecule has 6 heteroatoms. The highest BCUT2D eigenvalue weighted by Gasteiger charge is 2.12. The SMILES string of the molecule is COc1ccc(C(=O)NNC(=O)c2ccc(C)c(C)c2)cc1OC. The second-order valence-electron chi connectivity index (χ2n) is 5.28. The van der Waals surface area contributed by atoms with Crippen molar-refractivity contribution < 1.29 is 19.1 Å². The van der Waals surface area contributed by atoms with Gasteiger partial charge in [-0.2, -0.15) is 0 Å². The number of rotatable bonds is 4. The highest BCUT2D eigenvalue weighted by Crippen LogP contribution is 2.27. The average molecular weight is 328 g/mol. The Balaban J connectivity index is 2.04. The maximum absolute atomic E-state index is 12.1. The van der Waals surface area contributed by atoms with Crippen LogP contribution in [0.1, 0.15) is 31.8 Å². The molecular formula is C18H20N2O4. The number of hydrogen-bond acceptors (Lipinski definition) is 4. The Hall–Kier alpha value is -3.02. The molecule has 0 spiro atoms. The van der Waals surface area contributed by atoms with Crippen LogP contribution >= 0.6 is 0 Å². The van der Waals surface area contributed by atoms with E-state index < -0.39 is 5.91 Å². The molecule has 0 atom stereocenters. The van der Waals surface area contributed by atoms with Gasteiger partial charge in [0.25, 0.3) is 11.8 Å². The molecule has 0 aliphatic rings. The molecule has 0 aliphatic heterocycles. The lowest BCUT2D eigenvalue weighted by Crippen LogP contribution is -2.41. The van der Waals surface area contributed by atoms with Gasteiger partial charge in [-0.25, -0.2) is 0 Å². The fourth-order valence-electron chi connectivity index (χ4n) is 2.12. The summed E-state index contributed by atoms with van der Waals surface area (Å²) in [6, 6.07) is 10.1. The fraction of sp³-hybridized carbons (Fsp3) is 0.222. The summed E-state index contributed by atoms with van der Waals surface area (Å²) in [4.78, 5) is 24.2. The minimum atomic E-state index is -0.451. The summed E-state index contributed by atoms with van der Waals surface area (Å²) >= 11 is 0. The third kappa shape index (κ3) is 3.84. The molecule has 24 heavy (non-hydrogen) atoms. The molecule has 0 bridgehead atoms. The Labute approximate surface area is 140 Å². The zero-order valence-corrected chi connectivity index (χ0v) is 14.1. The van der Waals surface area contributed by atoms with Gasteiger partial charge in [-0.15, -0.1) is 0 Å². The first-order valence-electron chi connectivity index (χ1n) is 7.36. The van der Waals surface area contributed by atoms with Crippen LogP contribution in [0.25, 0.3) is 0 Å². The molecule has 6 nitrogen and oxygen atoms in total. The normalized spacial score (nSPS) is 10.0. The first-order valence-corrected chi connectivity index (χ1v) is 7.36. The van der Waals surface area contributed by atoms with E-state index in [9.17, 15) is 9.59 Å². The van der Waals surface area contributed by atoms with Crippen LogP contribution in [0.4, 0.5) is 0 Å². The van der Waals surface area contributed by atoms with Gasteiger partial charge in [0, 0.05) is 11.1 Å². The maximum Gasteiger partial charge on any atom is 0.269 e. The van der Waals surface area contributed by atoms with Gasteiger partial charge in [0.05, 0.1) is 14.2 Å². The summed E-state index contributed by atoms with van der Waals surface area (Å²) in [7, 11) is 3.00. The Morgan fingerprint density at radius 1 is 0.750 bits per heavy atom. The Kier molecular flexibility index (Phi) is 5.42. The van der Waals surface area contributed by atoms with E-state index in [1.54, 1.807) is 24.3 Å². The van der Waals surface area contributed by atoms with E-state index in [4.69, 9.17) is 9.47 Å². The lowest BCUT2D eigenvalue weighted by Gasteiger charge is -2.11. The van der Waals surface area contributed by atoms with Gasteiger partial charge < -0.3 is 9.47 Å². The minimum absolute atomic E-state index is 0.341. The molecule has 0 heterocycles. The largest absolute Gasteiger partial charge is 0.493 e. The monoisotopic (exact) mass is 328 g/mol. The van der Waals surface area contributed by atoms with Crippen molar-refractivity contribution in [3.8, 4) is 11.5 Å². The van der Waals surface area contributed by atoms with Crippen LogP contribution < -0.4 is 20.3 Å². The summed E-state index contributed by atoms with van der Waals surface area (Å²) < 4.78 is 10.3. The number of hydrogen-bond donors (Lipinski definition) is 2. The van der Waals surface area contributed by atoms with Crippen molar-refractivity contribution in [3.05, 3.63) is 58.7 Å². The summed E-state index contributed by atoms with van der Waals surface area (Å²) in [6.07, 6.45) is 0. The number of nitrogens with one attached hydrogen (secondary N) is 2. The van der Waals surface area contributed by atoms with Crippen molar-refractivity contribution in [2.75, 3.05) is 14.2 Å². The van der Waals surface area contributed by atoms with E-state index in [-0.39, 0.29) is 5.91 Å². The van der Waals surface area contributed by atoms with Crippen LogP contribution in [-0.4, -0.2) is 26.0 Å². The van der Waals surface area contributed by atoms with Crippen LogP contribution in [0.15, 0.2) is 36.4 Å². The van der Waals surface area contributed by atoms with Gasteiger partial charge in [0.1, 0.15) is 0 Å². The van der Waals surface area contributed by atoms with E-state index in [1.165, 1.54) is 20.3 Å². The van der Waals surface area contributed by atoms with E-state index >= 15 is 0 Å². The number of benzene rings is 2. The number of methoxy groups -OCH3 is 2. The summed E-state index contributed by atoms with van der Waals surface area (Å²) in [6.45, 7) is 3.89.